The van der Waals surface area contributed by atoms with Crippen molar-refractivity contribution in [1.29, 1.82) is 0 Å². The summed E-state index contributed by atoms with van der Waals surface area (Å²) in [7, 11) is 0. The standard InChI is InChI=1S/C20H28N2O/c1-13(18-12-15-7-8-17(18)11-15)21-14(2)20(23)22-10-9-16-5-3-4-6-19(16)22/h3-6,13-15,17-18,21H,7-12H2,1-2H3. The molecule has 2 bridgehead atoms. The highest BCUT2D eigenvalue weighted by atomic mass is 16.2. The maximum Gasteiger partial charge on any atom is 0.243 e. The highest BCUT2D eigenvalue weighted by Crippen LogP contribution is 2.49. The molecule has 1 heterocycles. The molecule has 1 aromatic rings. The first-order valence-electron chi connectivity index (χ1n) is 9.29. The zero-order valence-electron chi connectivity index (χ0n) is 14.3. The van der Waals surface area contributed by atoms with Crippen molar-refractivity contribution in [3.63, 3.8) is 0 Å². The first-order chi connectivity index (χ1) is 11.1. The summed E-state index contributed by atoms with van der Waals surface area (Å²) in [6, 6.07) is 8.65. The van der Waals surface area contributed by atoms with E-state index in [1.807, 2.05) is 17.9 Å². The van der Waals surface area contributed by atoms with Crippen LogP contribution in [0.25, 0.3) is 0 Å². The van der Waals surface area contributed by atoms with Crippen LogP contribution in [0.4, 0.5) is 5.69 Å². The molecule has 3 heteroatoms. The van der Waals surface area contributed by atoms with Crippen LogP contribution in [0.5, 0.6) is 0 Å². The number of hydrogen-bond acceptors (Lipinski definition) is 2. The normalized spacial score (nSPS) is 31.2. The van der Waals surface area contributed by atoms with Crippen molar-refractivity contribution in [3.8, 4) is 0 Å². The number of para-hydroxylation sites is 1. The molecule has 5 atom stereocenters. The number of fused-ring (bicyclic) bond motifs is 3. The van der Waals surface area contributed by atoms with Crippen molar-refractivity contribution < 1.29 is 4.79 Å². The number of rotatable bonds is 4. The van der Waals surface area contributed by atoms with Crippen molar-refractivity contribution in [2.24, 2.45) is 17.8 Å². The first kappa shape index (κ1) is 15.2. The average Bonchev–Trinajstić information content (AvgIpc) is 3.28. The lowest BCUT2D eigenvalue weighted by Gasteiger charge is -2.32. The molecule has 3 aliphatic rings. The zero-order valence-corrected chi connectivity index (χ0v) is 14.3. The van der Waals surface area contributed by atoms with Crippen LogP contribution in [0, 0.1) is 17.8 Å². The van der Waals surface area contributed by atoms with E-state index in [4.69, 9.17) is 0 Å². The van der Waals surface area contributed by atoms with Crippen molar-refractivity contribution in [2.45, 2.75) is 58.0 Å². The molecule has 2 aliphatic carbocycles. The van der Waals surface area contributed by atoms with E-state index in [0.717, 1.165) is 36.4 Å². The molecule has 0 aromatic heterocycles. The second-order valence-corrected chi connectivity index (χ2v) is 7.88. The molecule has 1 amide bonds. The van der Waals surface area contributed by atoms with E-state index in [-0.39, 0.29) is 11.9 Å². The van der Waals surface area contributed by atoms with Crippen LogP contribution in [0.3, 0.4) is 0 Å². The number of amides is 1. The van der Waals surface area contributed by atoms with E-state index in [0.29, 0.717) is 6.04 Å². The van der Waals surface area contributed by atoms with Crippen molar-refractivity contribution in [2.75, 3.05) is 11.4 Å². The van der Waals surface area contributed by atoms with Gasteiger partial charge in [-0.1, -0.05) is 24.6 Å². The Morgan fingerprint density at radius 2 is 2.04 bits per heavy atom. The summed E-state index contributed by atoms with van der Waals surface area (Å²) in [5.74, 6) is 2.86. The van der Waals surface area contributed by atoms with Gasteiger partial charge in [0.1, 0.15) is 0 Å². The molecular formula is C20H28N2O. The van der Waals surface area contributed by atoms with E-state index in [1.54, 1.807) is 0 Å². The molecule has 0 spiro atoms. The molecule has 23 heavy (non-hydrogen) atoms. The summed E-state index contributed by atoms with van der Waals surface area (Å²) in [5.41, 5.74) is 2.41. The van der Waals surface area contributed by atoms with Gasteiger partial charge < -0.3 is 10.2 Å². The van der Waals surface area contributed by atoms with Gasteiger partial charge in [-0.3, -0.25) is 4.79 Å². The molecule has 4 rings (SSSR count). The highest BCUT2D eigenvalue weighted by Gasteiger charge is 2.42. The van der Waals surface area contributed by atoms with Crippen LogP contribution in [0.1, 0.15) is 45.1 Å². The highest BCUT2D eigenvalue weighted by molar-refractivity contribution is 5.98. The van der Waals surface area contributed by atoms with Gasteiger partial charge in [0.05, 0.1) is 6.04 Å². The van der Waals surface area contributed by atoms with Gasteiger partial charge in [0.25, 0.3) is 0 Å². The van der Waals surface area contributed by atoms with E-state index >= 15 is 0 Å². The van der Waals surface area contributed by atoms with E-state index in [1.165, 1.54) is 31.2 Å². The van der Waals surface area contributed by atoms with Gasteiger partial charge >= 0.3 is 0 Å². The third kappa shape index (κ3) is 2.69. The minimum Gasteiger partial charge on any atom is -0.310 e. The van der Waals surface area contributed by atoms with Crippen LogP contribution in [0.2, 0.25) is 0 Å². The van der Waals surface area contributed by atoms with Gasteiger partial charge in [-0.25, -0.2) is 0 Å². The largest absolute Gasteiger partial charge is 0.310 e. The van der Waals surface area contributed by atoms with Crippen LogP contribution < -0.4 is 10.2 Å². The lowest BCUT2D eigenvalue weighted by molar-refractivity contribution is -0.120. The molecule has 0 radical (unpaired) electrons. The summed E-state index contributed by atoms with van der Waals surface area (Å²) in [6.45, 7) is 5.15. The van der Waals surface area contributed by atoms with Gasteiger partial charge in [-0.2, -0.15) is 0 Å². The third-order valence-corrected chi connectivity index (χ3v) is 6.47. The van der Waals surface area contributed by atoms with Gasteiger partial charge in [-0.15, -0.1) is 0 Å². The van der Waals surface area contributed by atoms with Crippen LogP contribution in [-0.2, 0) is 11.2 Å². The lowest BCUT2D eigenvalue weighted by atomic mass is 9.83. The molecule has 2 saturated carbocycles. The average molecular weight is 312 g/mol. The quantitative estimate of drug-likeness (QED) is 0.924. The third-order valence-electron chi connectivity index (χ3n) is 6.47. The SMILES string of the molecule is CC(NC(C)C1CC2CCC1C2)C(=O)N1CCc2ccccc21. The Labute approximate surface area is 139 Å². The predicted molar refractivity (Wildman–Crippen MR) is 93.5 cm³/mol. The monoisotopic (exact) mass is 312 g/mol. The Hall–Kier alpha value is -1.35. The number of hydrogen-bond donors (Lipinski definition) is 1. The molecule has 0 saturated heterocycles. The van der Waals surface area contributed by atoms with Gasteiger partial charge in [0.2, 0.25) is 5.91 Å². The second-order valence-electron chi connectivity index (χ2n) is 7.88. The summed E-state index contributed by atoms with van der Waals surface area (Å²) >= 11 is 0. The van der Waals surface area contributed by atoms with Crippen LogP contribution in [0.15, 0.2) is 24.3 Å². The maximum atomic E-state index is 12.9. The molecule has 1 N–H and O–H groups in total. The first-order valence-corrected chi connectivity index (χ1v) is 9.29. The Kier molecular flexibility index (Phi) is 3.92. The fourth-order valence-corrected chi connectivity index (χ4v) is 5.30. The summed E-state index contributed by atoms with van der Waals surface area (Å²) < 4.78 is 0. The Bertz CT molecular complexity index is 599. The van der Waals surface area contributed by atoms with E-state index in [2.05, 4.69) is 30.4 Å². The van der Waals surface area contributed by atoms with E-state index in [9.17, 15) is 4.79 Å². The number of nitrogens with one attached hydrogen (secondary N) is 1. The molecule has 1 aromatic carbocycles. The summed E-state index contributed by atoms with van der Waals surface area (Å²) in [5, 5.41) is 3.62. The number of benzene rings is 1. The zero-order chi connectivity index (χ0) is 16.0. The molecule has 1 aliphatic heterocycles. The van der Waals surface area contributed by atoms with Gasteiger partial charge in [-0.05, 0) is 68.9 Å². The predicted octanol–water partition coefficient (Wildman–Crippen LogP) is 3.38. The molecule has 5 unspecified atom stereocenters. The van der Waals surface area contributed by atoms with Gasteiger partial charge in [0.15, 0.2) is 0 Å². The topological polar surface area (TPSA) is 32.3 Å². The summed E-state index contributed by atoms with van der Waals surface area (Å²) in [6.07, 6.45) is 6.62. The number of anilines is 1. The van der Waals surface area contributed by atoms with Crippen molar-refractivity contribution in [3.05, 3.63) is 29.8 Å². The Morgan fingerprint density at radius 3 is 2.78 bits per heavy atom. The molecule has 3 nitrogen and oxygen atoms in total. The molecular weight excluding hydrogens is 284 g/mol. The Morgan fingerprint density at radius 1 is 1.22 bits per heavy atom. The van der Waals surface area contributed by atoms with Crippen molar-refractivity contribution in [1.82, 2.24) is 5.32 Å². The Balaban J connectivity index is 1.39. The number of carbonyl (C=O) groups excluding carboxylic acids is 1. The minimum absolute atomic E-state index is 0.102. The van der Waals surface area contributed by atoms with Gasteiger partial charge in [0, 0.05) is 18.3 Å². The fourth-order valence-electron chi connectivity index (χ4n) is 5.30. The summed E-state index contributed by atoms with van der Waals surface area (Å²) in [4.78, 5) is 14.9. The minimum atomic E-state index is -0.102. The number of nitrogens with zero attached hydrogens (tertiary/aromatic N) is 1. The molecule has 2 fully saturated rings. The smallest absolute Gasteiger partial charge is 0.243 e. The van der Waals surface area contributed by atoms with Crippen LogP contribution in [-0.4, -0.2) is 24.5 Å². The van der Waals surface area contributed by atoms with Crippen LogP contribution >= 0.6 is 0 Å². The number of carbonyl (C=O) groups is 1. The second kappa shape index (κ2) is 5.94. The van der Waals surface area contributed by atoms with Crippen molar-refractivity contribution >= 4 is 11.6 Å². The fraction of sp³-hybridized carbons (Fsp3) is 0.650. The van der Waals surface area contributed by atoms with E-state index < -0.39 is 0 Å². The maximum absolute atomic E-state index is 12.9. The molecule has 124 valence electrons. The lowest BCUT2D eigenvalue weighted by Crippen LogP contribution is -2.49.